The van der Waals surface area contributed by atoms with Gasteiger partial charge in [0.05, 0.1) is 19.1 Å². The smallest absolute Gasteiger partial charge is 0.308 e. The lowest BCUT2D eigenvalue weighted by Gasteiger charge is -2.44. The molecule has 0 heterocycles. The van der Waals surface area contributed by atoms with Crippen molar-refractivity contribution >= 4 is 5.97 Å². The second-order valence-corrected chi connectivity index (χ2v) is 4.62. The van der Waals surface area contributed by atoms with E-state index in [4.69, 9.17) is 4.74 Å². The first kappa shape index (κ1) is 9.97. The summed E-state index contributed by atoms with van der Waals surface area (Å²) in [4.78, 5) is 11.4. The first-order valence-corrected chi connectivity index (χ1v) is 5.48. The van der Waals surface area contributed by atoms with E-state index in [0.29, 0.717) is 11.8 Å². The predicted octanol–water partition coefficient (Wildman–Crippen LogP) is 1.35. The summed E-state index contributed by atoms with van der Waals surface area (Å²) in [5.41, 5.74) is 0. The summed E-state index contributed by atoms with van der Waals surface area (Å²) in [5, 5.41) is 9.70. The minimum atomic E-state index is -0.0893. The number of ether oxygens (including phenoxy) is 1. The summed E-state index contributed by atoms with van der Waals surface area (Å²) in [6, 6.07) is 0. The van der Waals surface area contributed by atoms with Crippen molar-refractivity contribution in [3.05, 3.63) is 0 Å². The topological polar surface area (TPSA) is 46.5 Å². The van der Waals surface area contributed by atoms with Gasteiger partial charge in [-0.05, 0) is 43.9 Å². The Morgan fingerprint density at radius 2 is 1.79 bits per heavy atom. The van der Waals surface area contributed by atoms with E-state index < -0.39 is 0 Å². The van der Waals surface area contributed by atoms with Gasteiger partial charge in [-0.3, -0.25) is 4.79 Å². The zero-order valence-corrected chi connectivity index (χ0v) is 8.61. The van der Waals surface area contributed by atoms with Crippen molar-refractivity contribution in [2.75, 3.05) is 7.11 Å². The van der Waals surface area contributed by atoms with Crippen LogP contribution < -0.4 is 0 Å². The fraction of sp³-hybridized carbons (Fsp3) is 0.909. The van der Waals surface area contributed by atoms with Crippen LogP contribution in [-0.2, 0) is 9.53 Å². The van der Waals surface area contributed by atoms with Gasteiger partial charge in [0.1, 0.15) is 0 Å². The highest BCUT2D eigenvalue weighted by Crippen LogP contribution is 2.44. The third-order valence-corrected chi connectivity index (χ3v) is 3.88. The average Bonchev–Trinajstić information content (AvgIpc) is 2.14. The molecule has 3 saturated carbocycles. The Bertz CT molecular complexity index is 213. The third-order valence-electron chi connectivity index (χ3n) is 3.88. The number of rotatable bonds is 1. The summed E-state index contributed by atoms with van der Waals surface area (Å²) >= 11 is 0. The van der Waals surface area contributed by atoms with E-state index in [1.54, 1.807) is 0 Å². The van der Waals surface area contributed by atoms with Gasteiger partial charge in [-0.15, -0.1) is 0 Å². The molecule has 3 heteroatoms. The maximum absolute atomic E-state index is 11.4. The van der Waals surface area contributed by atoms with Crippen LogP contribution in [0.2, 0.25) is 0 Å². The molecule has 3 fully saturated rings. The molecule has 0 amide bonds. The molecule has 0 aliphatic heterocycles. The molecule has 3 aliphatic rings. The molecular weight excluding hydrogens is 180 g/mol. The number of carbonyl (C=O) groups is 1. The Balaban J connectivity index is 1.91. The van der Waals surface area contributed by atoms with Gasteiger partial charge in [-0.1, -0.05) is 0 Å². The van der Waals surface area contributed by atoms with E-state index in [0.717, 1.165) is 32.1 Å². The van der Waals surface area contributed by atoms with E-state index in [1.165, 1.54) is 7.11 Å². The molecule has 3 rings (SSSR count). The summed E-state index contributed by atoms with van der Waals surface area (Å²) in [6.07, 6.45) is 4.82. The number of aliphatic hydroxyl groups excluding tert-OH is 1. The molecule has 0 aromatic carbocycles. The van der Waals surface area contributed by atoms with Gasteiger partial charge in [0, 0.05) is 0 Å². The Kier molecular flexibility index (Phi) is 2.77. The van der Waals surface area contributed by atoms with Crippen LogP contribution in [0.15, 0.2) is 0 Å². The minimum absolute atomic E-state index is 0.0687. The van der Waals surface area contributed by atoms with Crippen LogP contribution in [0, 0.1) is 17.8 Å². The van der Waals surface area contributed by atoms with Gasteiger partial charge in [-0.2, -0.15) is 0 Å². The normalized spacial score (nSPS) is 41.9. The van der Waals surface area contributed by atoms with Crippen molar-refractivity contribution in [2.45, 2.75) is 38.2 Å². The van der Waals surface area contributed by atoms with Gasteiger partial charge in [0.2, 0.25) is 0 Å². The van der Waals surface area contributed by atoms with Crippen molar-refractivity contribution < 1.29 is 14.6 Å². The monoisotopic (exact) mass is 198 g/mol. The predicted molar refractivity (Wildman–Crippen MR) is 51.6 cm³/mol. The van der Waals surface area contributed by atoms with Crippen LogP contribution in [0.4, 0.5) is 0 Å². The SMILES string of the molecule is COC(=O)C1CCC2CC(CC1)C2O. The van der Waals surface area contributed by atoms with Gasteiger partial charge < -0.3 is 9.84 Å². The number of hydrogen-bond donors (Lipinski definition) is 1. The van der Waals surface area contributed by atoms with Crippen LogP contribution in [0.5, 0.6) is 0 Å². The highest BCUT2D eigenvalue weighted by molar-refractivity contribution is 5.72. The molecule has 0 saturated heterocycles. The first-order chi connectivity index (χ1) is 6.72. The molecule has 2 atom stereocenters. The Morgan fingerprint density at radius 1 is 1.21 bits per heavy atom. The number of carbonyl (C=O) groups excluding carboxylic acids is 1. The molecule has 3 aliphatic carbocycles. The molecule has 1 N–H and O–H groups in total. The number of hydrogen-bond acceptors (Lipinski definition) is 3. The number of fused-ring (bicyclic) bond motifs is 4. The third kappa shape index (κ3) is 1.65. The largest absolute Gasteiger partial charge is 0.469 e. The molecule has 80 valence electrons. The van der Waals surface area contributed by atoms with Crippen molar-refractivity contribution in [3.63, 3.8) is 0 Å². The number of methoxy groups -OCH3 is 1. The molecule has 3 nitrogen and oxygen atoms in total. The van der Waals surface area contributed by atoms with Gasteiger partial charge in [-0.25, -0.2) is 0 Å². The van der Waals surface area contributed by atoms with Crippen LogP contribution in [-0.4, -0.2) is 24.3 Å². The van der Waals surface area contributed by atoms with Crippen LogP contribution in [0.1, 0.15) is 32.1 Å². The van der Waals surface area contributed by atoms with Gasteiger partial charge >= 0.3 is 5.97 Å². The second-order valence-electron chi connectivity index (χ2n) is 4.62. The van der Waals surface area contributed by atoms with E-state index in [-0.39, 0.29) is 18.0 Å². The molecule has 2 unspecified atom stereocenters. The molecule has 0 aromatic rings. The zero-order valence-electron chi connectivity index (χ0n) is 8.61. The lowest BCUT2D eigenvalue weighted by molar-refractivity contribution is -0.148. The summed E-state index contributed by atoms with van der Waals surface area (Å²) in [6.45, 7) is 0. The molecule has 0 spiro atoms. The van der Waals surface area contributed by atoms with Crippen LogP contribution in [0.25, 0.3) is 0 Å². The van der Waals surface area contributed by atoms with Crippen molar-refractivity contribution in [2.24, 2.45) is 17.8 Å². The molecule has 2 bridgehead atoms. The van der Waals surface area contributed by atoms with Crippen molar-refractivity contribution in [3.8, 4) is 0 Å². The Hall–Kier alpha value is -0.570. The van der Waals surface area contributed by atoms with Gasteiger partial charge in [0.15, 0.2) is 0 Å². The average molecular weight is 198 g/mol. The van der Waals surface area contributed by atoms with E-state index in [2.05, 4.69) is 0 Å². The maximum atomic E-state index is 11.4. The van der Waals surface area contributed by atoms with Gasteiger partial charge in [0.25, 0.3) is 0 Å². The molecular formula is C11H18O3. The van der Waals surface area contributed by atoms with Crippen molar-refractivity contribution in [1.82, 2.24) is 0 Å². The van der Waals surface area contributed by atoms with Crippen LogP contribution >= 0.6 is 0 Å². The molecule has 0 aromatic heterocycles. The highest BCUT2D eigenvalue weighted by Gasteiger charge is 2.41. The number of aliphatic hydroxyl groups is 1. The maximum Gasteiger partial charge on any atom is 0.308 e. The molecule has 14 heavy (non-hydrogen) atoms. The summed E-state index contributed by atoms with van der Waals surface area (Å²) < 4.78 is 4.76. The summed E-state index contributed by atoms with van der Waals surface area (Å²) in [5.74, 6) is 0.915. The zero-order chi connectivity index (χ0) is 10.1. The highest BCUT2D eigenvalue weighted by atomic mass is 16.5. The lowest BCUT2D eigenvalue weighted by Crippen LogP contribution is -2.44. The molecule has 0 radical (unpaired) electrons. The fourth-order valence-electron chi connectivity index (χ4n) is 2.81. The standard InChI is InChI=1S/C11H18O3/c1-14-11(13)7-2-4-8-6-9(5-3-7)10(8)12/h7-10,12H,2-6H2,1H3. The first-order valence-electron chi connectivity index (χ1n) is 5.48. The van der Waals surface area contributed by atoms with Crippen molar-refractivity contribution in [1.29, 1.82) is 0 Å². The van der Waals surface area contributed by atoms with Crippen LogP contribution in [0.3, 0.4) is 0 Å². The van der Waals surface area contributed by atoms with E-state index >= 15 is 0 Å². The fourth-order valence-corrected chi connectivity index (χ4v) is 2.81. The van der Waals surface area contributed by atoms with E-state index in [9.17, 15) is 9.90 Å². The quantitative estimate of drug-likeness (QED) is 0.647. The van der Waals surface area contributed by atoms with E-state index in [1.807, 2.05) is 0 Å². The lowest BCUT2D eigenvalue weighted by atomic mass is 9.64. The minimum Gasteiger partial charge on any atom is -0.469 e. The Morgan fingerprint density at radius 3 is 2.21 bits per heavy atom. The number of esters is 1. The Labute approximate surface area is 84.4 Å². The summed E-state index contributed by atoms with van der Waals surface area (Å²) in [7, 11) is 1.46. The second kappa shape index (κ2) is 3.89.